The zero-order chi connectivity index (χ0) is 22.1. The number of hydrogen-bond acceptors (Lipinski definition) is 5. The van der Waals surface area contributed by atoms with Crippen molar-refractivity contribution >= 4 is 35.3 Å². The number of benzene rings is 2. The number of aryl methyl sites for hydroxylation is 1. The van der Waals surface area contributed by atoms with E-state index in [1.807, 2.05) is 13.0 Å². The first-order chi connectivity index (χ1) is 14.8. The van der Waals surface area contributed by atoms with Crippen LogP contribution in [0, 0.1) is 17.0 Å². The lowest BCUT2D eigenvalue weighted by molar-refractivity contribution is -0.384. The summed E-state index contributed by atoms with van der Waals surface area (Å²) in [5.74, 6) is -1.54. The number of imide groups is 2. The molecule has 154 valence electrons. The zero-order valence-electron chi connectivity index (χ0n) is 16.3. The number of carbonyl (C=O) groups excluding carboxylic acids is 3. The number of nitrogens with one attached hydrogen (secondary N) is 1. The second kappa shape index (κ2) is 7.71. The molecule has 0 aliphatic carbocycles. The molecule has 1 N–H and O–H groups in total. The van der Waals surface area contributed by atoms with Crippen LogP contribution in [0.5, 0.6) is 0 Å². The zero-order valence-corrected chi connectivity index (χ0v) is 16.3. The van der Waals surface area contributed by atoms with Gasteiger partial charge in [-0.2, -0.15) is 0 Å². The van der Waals surface area contributed by atoms with Crippen molar-refractivity contribution in [1.82, 2.24) is 9.88 Å². The van der Waals surface area contributed by atoms with E-state index >= 15 is 0 Å². The molecule has 1 aliphatic rings. The molecule has 2 heterocycles. The SMILES string of the molecule is Cc1cccc(N2C(=O)NC(=O)/C(=C\c3cccn3-c3ccc([N+](=O)[O-])cc3)C2=O)c1. The van der Waals surface area contributed by atoms with Gasteiger partial charge in [0.25, 0.3) is 17.5 Å². The molecule has 0 bridgehead atoms. The fraction of sp³-hybridized carbons (Fsp3) is 0.0455. The second-order valence-electron chi connectivity index (χ2n) is 6.87. The van der Waals surface area contributed by atoms with Crippen molar-refractivity contribution in [2.75, 3.05) is 4.90 Å². The summed E-state index contributed by atoms with van der Waals surface area (Å²) in [5.41, 5.74) is 2.05. The van der Waals surface area contributed by atoms with Gasteiger partial charge in [-0.25, -0.2) is 9.69 Å². The van der Waals surface area contributed by atoms with Crippen molar-refractivity contribution < 1.29 is 19.3 Å². The first-order valence-corrected chi connectivity index (χ1v) is 9.25. The fourth-order valence-electron chi connectivity index (χ4n) is 3.29. The van der Waals surface area contributed by atoms with Gasteiger partial charge in [0, 0.05) is 29.7 Å². The number of barbiturate groups is 1. The van der Waals surface area contributed by atoms with Crippen LogP contribution in [0.3, 0.4) is 0 Å². The smallest absolute Gasteiger partial charge is 0.317 e. The van der Waals surface area contributed by atoms with Crippen LogP contribution in [0.1, 0.15) is 11.3 Å². The number of nitro groups is 1. The van der Waals surface area contributed by atoms with E-state index in [0.717, 1.165) is 10.5 Å². The molecule has 0 unspecified atom stereocenters. The molecule has 9 nitrogen and oxygen atoms in total. The summed E-state index contributed by atoms with van der Waals surface area (Å²) in [5, 5.41) is 13.1. The van der Waals surface area contributed by atoms with Crippen LogP contribution in [-0.2, 0) is 9.59 Å². The van der Waals surface area contributed by atoms with Crippen LogP contribution in [-0.4, -0.2) is 27.3 Å². The summed E-state index contributed by atoms with van der Waals surface area (Å²) in [6.45, 7) is 1.83. The minimum Gasteiger partial charge on any atom is -0.317 e. The number of nitro benzene ring substituents is 1. The average Bonchev–Trinajstić information content (AvgIpc) is 3.19. The van der Waals surface area contributed by atoms with Crippen LogP contribution in [0.15, 0.2) is 72.4 Å². The van der Waals surface area contributed by atoms with Gasteiger partial charge in [-0.05, 0) is 55.0 Å². The number of rotatable bonds is 4. The van der Waals surface area contributed by atoms with Gasteiger partial charge in [-0.15, -0.1) is 0 Å². The molecular formula is C22H16N4O5. The van der Waals surface area contributed by atoms with E-state index in [4.69, 9.17) is 0 Å². The molecule has 1 saturated heterocycles. The number of hydrogen-bond donors (Lipinski definition) is 1. The molecule has 2 aromatic carbocycles. The molecule has 4 rings (SSSR count). The third-order valence-electron chi connectivity index (χ3n) is 4.77. The number of amides is 4. The molecule has 1 aliphatic heterocycles. The van der Waals surface area contributed by atoms with Crippen LogP contribution < -0.4 is 10.2 Å². The molecule has 0 atom stereocenters. The van der Waals surface area contributed by atoms with Crippen molar-refractivity contribution in [2.24, 2.45) is 0 Å². The van der Waals surface area contributed by atoms with Gasteiger partial charge in [0.05, 0.1) is 10.6 Å². The average molecular weight is 416 g/mol. The summed E-state index contributed by atoms with van der Waals surface area (Å²) in [7, 11) is 0. The van der Waals surface area contributed by atoms with E-state index in [1.54, 1.807) is 53.2 Å². The number of anilines is 1. The van der Waals surface area contributed by atoms with Gasteiger partial charge in [0.1, 0.15) is 5.57 Å². The maximum Gasteiger partial charge on any atom is 0.335 e. The Morgan fingerprint density at radius 1 is 0.968 bits per heavy atom. The number of non-ortho nitro benzene ring substituents is 1. The second-order valence-corrected chi connectivity index (χ2v) is 6.87. The number of nitrogens with zero attached hydrogens (tertiary/aromatic N) is 3. The summed E-state index contributed by atoms with van der Waals surface area (Å²) >= 11 is 0. The van der Waals surface area contributed by atoms with Crippen molar-refractivity contribution in [3.63, 3.8) is 0 Å². The Kier molecular flexibility index (Phi) is 4.92. The number of urea groups is 1. The molecule has 1 aromatic heterocycles. The Labute approximate surface area is 176 Å². The summed E-state index contributed by atoms with van der Waals surface area (Å²) in [6.07, 6.45) is 3.08. The lowest BCUT2D eigenvalue weighted by Gasteiger charge is -2.26. The summed E-state index contributed by atoms with van der Waals surface area (Å²) < 4.78 is 1.67. The van der Waals surface area contributed by atoms with Crippen molar-refractivity contribution in [3.05, 3.63) is 93.8 Å². The van der Waals surface area contributed by atoms with Crippen molar-refractivity contribution in [1.29, 1.82) is 0 Å². The summed E-state index contributed by atoms with van der Waals surface area (Å²) in [6, 6.07) is 15.2. The molecule has 9 heteroatoms. The predicted molar refractivity (Wildman–Crippen MR) is 113 cm³/mol. The molecule has 31 heavy (non-hydrogen) atoms. The van der Waals surface area contributed by atoms with E-state index in [-0.39, 0.29) is 11.3 Å². The van der Waals surface area contributed by atoms with Crippen molar-refractivity contribution in [2.45, 2.75) is 6.92 Å². The molecule has 1 fully saturated rings. The largest absolute Gasteiger partial charge is 0.335 e. The third-order valence-corrected chi connectivity index (χ3v) is 4.77. The van der Waals surface area contributed by atoms with E-state index in [2.05, 4.69) is 5.32 Å². The van der Waals surface area contributed by atoms with Crippen LogP contribution in [0.25, 0.3) is 11.8 Å². The van der Waals surface area contributed by atoms with Gasteiger partial charge < -0.3 is 4.57 Å². The molecular weight excluding hydrogens is 400 g/mol. The van der Waals surface area contributed by atoms with Gasteiger partial charge in [0.15, 0.2) is 0 Å². The van der Waals surface area contributed by atoms with Gasteiger partial charge in [-0.1, -0.05) is 12.1 Å². The third kappa shape index (κ3) is 3.71. The van der Waals surface area contributed by atoms with Gasteiger partial charge >= 0.3 is 6.03 Å². The Balaban J connectivity index is 1.72. The topological polar surface area (TPSA) is 115 Å². The highest BCUT2D eigenvalue weighted by Gasteiger charge is 2.37. The minimum atomic E-state index is -0.816. The monoisotopic (exact) mass is 416 g/mol. The van der Waals surface area contributed by atoms with Gasteiger partial charge in [-0.3, -0.25) is 25.0 Å². The standard InChI is InChI=1S/C22H16N4O5/c1-14-4-2-5-18(12-14)25-21(28)19(20(27)23-22(25)29)13-17-6-3-11-24(17)15-7-9-16(10-8-15)26(30)31/h2-13H,1H3,(H,23,27,29)/b19-13+. The Bertz CT molecular complexity index is 1260. The normalized spacial score (nSPS) is 15.3. The Morgan fingerprint density at radius 2 is 1.71 bits per heavy atom. The van der Waals surface area contributed by atoms with Crippen molar-refractivity contribution in [3.8, 4) is 5.69 Å². The maximum absolute atomic E-state index is 13.0. The van der Waals surface area contributed by atoms with E-state index in [0.29, 0.717) is 17.1 Å². The van der Waals surface area contributed by atoms with Crippen LogP contribution >= 0.6 is 0 Å². The molecule has 0 saturated carbocycles. The van der Waals surface area contributed by atoms with Crippen LogP contribution in [0.4, 0.5) is 16.2 Å². The Morgan fingerprint density at radius 3 is 2.39 bits per heavy atom. The number of carbonyl (C=O) groups is 3. The highest BCUT2D eigenvalue weighted by molar-refractivity contribution is 6.39. The first kappa shape index (κ1) is 19.8. The minimum absolute atomic E-state index is 0.0510. The quantitative estimate of drug-likeness (QED) is 0.303. The highest BCUT2D eigenvalue weighted by atomic mass is 16.6. The molecule has 3 aromatic rings. The summed E-state index contributed by atoms with van der Waals surface area (Å²) in [4.78, 5) is 49.1. The maximum atomic E-state index is 13.0. The Hall–Kier alpha value is -4.53. The lowest BCUT2D eigenvalue weighted by atomic mass is 10.1. The van der Waals surface area contributed by atoms with Crippen LogP contribution in [0.2, 0.25) is 0 Å². The van der Waals surface area contributed by atoms with E-state index in [9.17, 15) is 24.5 Å². The first-order valence-electron chi connectivity index (χ1n) is 9.25. The fourth-order valence-corrected chi connectivity index (χ4v) is 3.29. The highest BCUT2D eigenvalue weighted by Crippen LogP contribution is 2.24. The lowest BCUT2D eigenvalue weighted by Crippen LogP contribution is -2.54. The molecule has 0 radical (unpaired) electrons. The van der Waals surface area contributed by atoms with E-state index in [1.165, 1.54) is 18.2 Å². The number of aromatic nitrogens is 1. The molecule has 4 amide bonds. The van der Waals surface area contributed by atoms with Gasteiger partial charge in [0.2, 0.25) is 0 Å². The predicted octanol–water partition coefficient (Wildman–Crippen LogP) is 3.36. The van der Waals surface area contributed by atoms with E-state index < -0.39 is 22.8 Å². The molecule has 0 spiro atoms.